The van der Waals surface area contributed by atoms with Gasteiger partial charge >= 0.3 is 0 Å². The molecule has 0 saturated carbocycles. The van der Waals surface area contributed by atoms with Gasteiger partial charge in [-0.2, -0.15) is 0 Å². The zero-order chi connectivity index (χ0) is 20.3. The quantitative estimate of drug-likeness (QED) is 0.661. The molecular weight excluding hydrogens is 370 g/mol. The maximum atomic E-state index is 13.2. The largest absolute Gasteiger partial charge is 0.495 e. The van der Waals surface area contributed by atoms with Crippen LogP contribution in [-0.2, 0) is 4.79 Å². The van der Waals surface area contributed by atoms with Crippen molar-refractivity contribution in [1.29, 1.82) is 0 Å². The number of benzene rings is 2. The Kier molecular flexibility index (Phi) is 5.99. The fourth-order valence-corrected chi connectivity index (χ4v) is 3.53. The van der Waals surface area contributed by atoms with E-state index in [1.807, 2.05) is 43.3 Å². The van der Waals surface area contributed by atoms with Crippen LogP contribution in [0, 0.1) is 0 Å². The molecule has 1 aliphatic rings. The first-order chi connectivity index (χ1) is 13.4. The van der Waals surface area contributed by atoms with Crippen LogP contribution in [0.3, 0.4) is 0 Å². The van der Waals surface area contributed by atoms with Gasteiger partial charge in [0.05, 0.1) is 24.4 Å². The molecule has 28 heavy (non-hydrogen) atoms. The Morgan fingerprint density at radius 2 is 1.82 bits per heavy atom. The first-order valence-electron chi connectivity index (χ1n) is 9.23. The van der Waals surface area contributed by atoms with E-state index >= 15 is 0 Å². The van der Waals surface area contributed by atoms with Gasteiger partial charge in [-0.25, -0.2) is 0 Å². The first kappa shape index (κ1) is 19.9. The van der Waals surface area contributed by atoms with Crippen molar-refractivity contribution < 1.29 is 9.53 Å². The summed E-state index contributed by atoms with van der Waals surface area (Å²) in [6.07, 6.45) is 0. The van der Waals surface area contributed by atoms with Gasteiger partial charge in [0.15, 0.2) is 5.11 Å². The number of nitrogens with one attached hydrogen (secondary N) is 3. The van der Waals surface area contributed by atoms with E-state index < -0.39 is 0 Å². The Morgan fingerprint density at radius 3 is 2.46 bits per heavy atom. The van der Waals surface area contributed by atoms with Crippen LogP contribution >= 0.6 is 12.2 Å². The van der Waals surface area contributed by atoms with Gasteiger partial charge in [-0.1, -0.05) is 50.2 Å². The third-order valence-electron chi connectivity index (χ3n) is 4.81. The number of rotatable bonds is 5. The lowest BCUT2D eigenvalue weighted by Gasteiger charge is -2.30. The molecule has 5 nitrogen and oxygen atoms in total. The van der Waals surface area contributed by atoms with E-state index in [9.17, 15) is 4.79 Å². The van der Waals surface area contributed by atoms with Crippen molar-refractivity contribution in [2.24, 2.45) is 0 Å². The third kappa shape index (κ3) is 4.17. The van der Waals surface area contributed by atoms with E-state index in [0.29, 0.717) is 28.0 Å². The van der Waals surface area contributed by atoms with Gasteiger partial charge in [0, 0.05) is 5.70 Å². The van der Waals surface area contributed by atoms with E-state index in [1.54, 1.807) is 7.11 Å². The lowest BCUT2D eigenvalue weighted by molar-refractivity contribution is -0.113. The zero-order valence-corrected chi connectivity index (χ0v) is 17.3. The second-order valence-corrected chi connectivity index (χ2v) is 7.45. The number of amides is 1. The van der Waals surface area contributed by atoms with Gasteiger partial charge in [-0.05, 0) is 48.3 Å². The highest BCUT2D eigenvalue weighted by atomic mass is 32.1. The normalized spacial score (nSPS) is 16.5. The van der Waals surface area contributed by atoms with Crippen LogP contribution in [0.5, 0.6) is 5.75 Å². The number of thiocarbonyl (C=S) groups is 1. The molecule has 1 heterocycles. The Labute approximate surface area is 171 Å². The number of methoxy groups -OCH3 is 1. The molecule has 3 N–H and O–H groups in total. The monoisotopic (exact) mass is 395 g/mol. The van der Waals surface area contributed by atoms with Crippen molar-refractivity contribution in [3.8, 4) is 5.75 Å². The average molecular weight is 396 g/mol. The molecule has 1 aliphatic heterocycles. The SMILES string of the molecule is COc1ccccc1NC(=O)C1=C(C)NC(=S)N[C@H]1c1ccc(C(C)C)cc1. The predicted octanol–water partition coefficient (Wildman–Crippen LogP) is 4.25. The minimum absolute atomic E-state index is 0.206. The fourth-order valence-electron chi connectivity index (χ4n) is 3.26. The topological polar surface area (TPSA) is 62.4 Å². The van der Waals surface area contributed by atoms with Crippen LogP contribution in [0.1, 0.15) is 43.9 Å². The molecule has 0 aliphatic carbocycles. The molecule has 2 aromatic carbocycles. The van der Waals surface area contributed by atoms with E-state index in [2.05, 4.69) is 41.9 Å². The van der Waals surface area contributed by atoms with Crippen molar-refractivity contribution in [2.45, 2.75) is 32.7 Å². The molecule has 3 rings (SSSR count). The highest BCUT2D eigenvalue weighted by Crippen LogP contribution is 2.30. The number of carbonyl (C=O) groups excluding carboxylic acids is 1. The number of anilines is 1. The second-order valence-electron chi connectivity index (χ2n) is 7.05. The third-order valence-corrected chi connectivity index (χ3v) is 5.03. The summed E-state index contributed by atoms with van der Waals surface area (Å²) >= 11 is 5.33. The van der Waals surface area contributed by atoms with Crippen molar-refractivity contribution in [2.75, 3.05) is 12.4 Å². The Morgan fingerprint density at radius 1 is 1.14 bits per heavy atom. The number of carbonyl (C=O) groups is 1. The molecule has 0 aromatic heterocycles. The molecule has 0 radical (unpaired) electrons. The fraction of sp³-hybridized carbons (Fsp3) is 0.273. The minimum Gasteiger partial charge on any atom is -0.495 e. The molecular formula is C22H25N3O2S. The summed E-state index contributed by atoms with van der Waals surface area (Å²) in [6, 6.07) is 15.3. The molecule has 2 aromatic rings. The highest BCUT2D eigenvalue weighted by Gasteiger charge is 2.30. The lowest BCUT2D eigenvalue weighted by Crippen LogP contribution is -2.45. The summed E-state index contributed by atoms with van der Waals surface area (Å²) in [5.74, 6) is 0.850. The number of allylic oxidation sites excluding steroid dienone is 1. The molecule has 0 fully saturated rings. The summed E-state index contributed by atoms with van der Waals surface area (Å²) in [4.78, 5) is 13.2. The van der Waals surface area contributed by atoms with Gasteiger partial charge in [0.2, 0.25) is 0 Å². The molecule has 0 unspecified atom stereocenters. The van der Waals surface area contributed by atoms with Gasteiger partial charge in [-0.3, -0.25) is 4.79 Å². The predicted molar refractivity (Wildman–Crippen MR) is 116 cm³/mol. The van der Waals surface area contributed by atoms with Crippen LogP contribution in [0.4, 0.5) is 5.69 Å². The molecule has 146 valence electrons. The number of ether oxygens (including phenoxy) is 1. The van der Waals surface area contributed by atoms with Crippen LogP contribution in [0.2, 0.25) is 0 Å². The van der Waals surface area contributed by atoms with E-state index in [4.69, 9.17) is 17.0 Å². The van der Waals surface area contributed by atoms with Crippen molar-refractivity contribution in [3.05, 3.63) is 70.9 Å². The van der Waals surface area contributed by atoms with Crippen LogP contribution in [-0.4, -0.2) is 18.1 Å². The summed E-state index contributed by atoms with van der Waals surface area (Å²) < 4.78 is 5.34. The highest BCUT2D eigenvalue weighted by molar-refractivity contribution is 7.80. The van der Waals surface area contributed by atoms with E-state index in [-0.39, 0.29) is 11.9 Å². The van der Waals surface area contributed by atoms with Gasteiger partial charge in [-0.15, -0.1) is 0 Å². The van der Waals surface area contributed by atoms with Crippen LogP contribution in [0.25, 0.3) is 0 Å². The number of hydrogen-bond donors (Lipinski definition) is 3. The summed E-state index contributed by atoms with van der Waals surface area (Å²) in [5, 5.41) is 9.75. The summed E-state index contributed by atoms with van der Waals surface area (Å²) in [6.45, 7) is 6.17. The molecule has 1 amide bonds. The first-order valence-corrected chi connectivity index (χ1v) is 9.64. The second kappa shape index (κ2) is 8.44. The maximum Gasteiger partial charge on any atom is 0.255 e. The summed E-state index contributed by atoms with van der Waals surface area (Å²) in [7, 11) is 1.58. The van der Waals surface area contributed by atoms with Crippen molar-refractivity contribution >= 4 is 28.9 Å². The Bertz CT molecular complexity index is 920. The van der Waals surface area contributed by atoms with Gasteiger partial charge in [0.1, 0.15) is 5.75 Å². The Balaban J connectivity index is 1.94. The number of para-hydroxylation sites is 2. The molecule has 0 saturated heterocycles. The minimum atomic E-state index is -0.329. The average Bonchev–Trinajstić information content (AvgIpc) is 2.67. The molecule has 1 atom stereocenters. The van der Waals surface area contributed by atoms with E-state index in [0.717, 1.165) is 11.3 Å². The number of hydrogen-bond acceptors (Lipinski definition) is 3. The Hall–Kier alpha value is -2.86. The van der Waals surface area contributed by atoms with Crippen LogP contribution < -0.4 is 20.7 Å². The lowest BCUT2D eigenvalue weighted by atomic mass is 9.92. The van der Waals surface area contributed by atoms with Crippen molar-refractivity contribution in [1.82, 2.24) is 10.6 Å². The van der Waals surface area contributed by atoms with Gasteiger partial charge < -0.3 is 20.7 Å². The maximum absolute atomic E-state index is 13.2. The molecule has 0 spiro atoms. The zero-order valence-electron chi connectivity index (χ0n) is 16.5. The standard InChI is InChI=1S/C22H25N3O2S/c1-13(2)15-9-11-16(12-10-15)20-19(14(3)23-22(28)25-20)21(26)24-17-7-5-6-8-18(17)27-4/h5-13,20H,1-4H3,(H,24,26)(H2,23,25,28)/t20-/m0/s1. The van der Waals surface area contributed by atoms with E-state index in [1.165, 1.54) is 5.56 Å². The summed E-state index contributed by atoms with van der Waals surface area (Å²) in [5.41, 5.74) is 4.18. The van der Waals surface area contributed by atoms with Crippen molar-refractivity contribution in [3.63, 3.8) is 0 Å². The van der Waals surface area contributed by atoms with Crippen LogP contribution in [0.15, 0.2) is 59.8 Å². The smallest absolute Gasteiger partial charge is 0.255 e. The molecule has 0 bridgehead atoms. The molecule has 6 heteroatoms. The van der Waals surface area contributed by atoms with Gasteiger partial charge in [0.25, 0.3) is 5.91 Å².